The third-order valence-electron chi connectivity index (χ3n) is 3.32. The van der Waals surface area contributed by atoms with Crippen molar-refractivity contribution in [1.29, 1.82) is 0 Å². The number of benzene rings is 1. The van der Waals surface area contributed by atoms with Crippen molar-refractivity contribution in [2.45, 2.75) is 25.3 Å². The molecule has 116 valence electrons. The Morgan fingerprint density at radius 1 is 1.36 bits per heavy atom. The predicted molar refractivity (Wildman–Crippen MR) is 81.4 cm³/mol. The van der Waals surface area contributed by atoms with Gasteiger partial charge in [-0.15, -0.1) is 0 Å². The molecule has 7 heteroatoms. The van der Waals surface area contributed by atoms with E-state index in [2.05, 4.69) is 21.0 Å². The Hall–Kier alpha value is -1.76. The molecule has 1 saturated carbocycles. The minimum Gasteiger partial charge on any atom is -0.487 e. The van der Waals surface area contributed by atoms with Gasteiger partial charge in [-0.3, -0.25) is 9.48 Å². The molecule has 1 aliphatic carbocycles. The van der Waals surface area contributed by atoms with Gasteiger partial charge in [0.15, 0.2) is 0 Å². The van der Waals surface area contributed by atoms with Crippen molar-refractivity contribution in [2.24, 2.45) is 0 Å². The molecule has 1 fully saturated rings. The standard InChI is InChI=1S/C15H13BrF2N2O2/c16-11-7-20(9-5-6-9)19-14(15(11)21)10-3-1-2-4-12(10)22-8-13(17)18/h1-4,7,9,13H,5-6,8H2. The highest BCUT2D eigenvalue weighted by atomic mass is 79.9. The number of halogens is 3. The first-order valence-corrected chi connectivity index (χ1v) is 7.65. The average Bonchev–Trinajstić information content (AvgIpc) is 3.33. The molecule has 2 aromatic rings. The van der Waals surface area contributed by atoms with Gasteiger partial charge in [0.2, 0.25) is 5.43 Å². The van der Waals surface area contributed by atoms with Crippen LogP contribution in [0.15, 0.2) is 39.7 Å². The molecule has 0 atom stereocenters. The van der Waals surface area contributed by atoms with Crippen LogP contribution in [0, 0.1) is 0 Å². The van der Waals surface area contributed by atoms with Crippen LogP contribution in [0.2, 0.25) is 0 Å². The zero-order valence-electron chi connectivity index (χ0n) is 11.5. The molecular weight excluding hydrogens is 358 g/mol. The molecular formula is C15H13BrF2N2O2. The molecule has 3 rings (SSSR count). The summed E-state index contributed by atoms with van der Waals surface area (Å²) in [6.45, 7) is -0.720. The lowest BCUT2D eigenvalue weighted by Crippen LogP contribution is -2.16. The van der Waals surface area contributed by atoms with Crippen molar-refractivity contribution in [3.8, 4) is 17.0 Å². The Morgan fingerprint density at radius 2 is 2.09 bits per heavy atom. The number of hydrogen-bond acceptors (Lipinski definition) is 3. The van der Waals surface area contributed by atoms with E-state index in [4.69, 9.17) is 4.74 Å². The lowest BCUT2D eigenvalue weighted by molar-refractivity contribution is 0.0822. The summed E-state index contributed by atoms with van der Waals surface area (Å²) < 4.78 is 32.0. The molecule has 0 amide bonds. The van der Waals surface area contributed by atoms with Crippen molar-refractivity contribution in [1.82, 2.24) is 9.78 Å². The van der Waals surface area contributed by atoms with E-state index in [-0.39, 0.29) is 16.9 Å². The summed E-state index contributed by atoms with van der Waals surface area (Å²) in [5.74, 6) is 0.229. The normalized spacial score (nSPS) is 14.4. The van der Waals surface area contributed by atoms with Gasteiger partial charge in [-0.05, 0) is 40.9 Å². The first kappa shape index (κ1) is 15.1. The van der Waals surface area contributed by atoms with Crippen molar-refractivity contribution < 1.29 is 13.5 Å². The van der Waals surface area contributed by atoms with E-state index in [1.54, 1.807) is 35.1 Å². The Kier molecular flexibility index (Phi) is 4.24. The molecule has 0 aliphatic heterocycles. The third kappa shape index (κ3) is 3.19. The molecule has 1 aromatic carbocycles. The van der Waals surface area contributed by atoms with Gasteiger partial charge in [-0.1, -0.05) is 12.1 Å². The summed E-state index contributed by atoms with van der Waals surface area (Å²) in [6, 6.07) is 6.88. The second-order valence-electron chi connectivity index (χ2n) is 5.06. The van der Waals surface area contributed by atoms with Crippen LogP contribution in [-0.2, 0) is 0 Å². The Balaban J connectivity index is 2.05. The zero-order valence-corrected chi connectivity index (χ0v) is 13.1. The van der Waals surface area contributed by atoms with Gasteiger partial charge in [0.25, 0.3) is 6.43 Å². The van der Waals surface area contributed by atoms with Gasteiger partial charge in [0.1, 0.15) is 18.1 Å². The van der Waals surface area contributed by atoms with Crippen LogP contribution in [-0.4, -0.2) is 22.8 Å². The number of ether oxygens (including phenoxy) is 1. The van der Waals surface area contributed by atoms with E-state index in [0.717, 1.165) is 12.8 Å². The quantitative estimate of drug-likeness (QED) is 0.806. The van der Waals surface area contributed by atoms with E-state index < -0.39 is 13.0 Å². The summed E-state index contributed by atoms with van der Waals surface area (Å²) in [6.07, 6.45) is 1.12. The minimum absolute atomic E-state index is 0.200. The topological polar surface area (TPSA) is 44.1 Å². The average molecular weight is 371 g/mol. The van der Waals surface area contributed by atoms with Gasteiger partial charge in [0.05, 0.1) is 10.5 Å². The van der Waals surface area contributed by atoms with Crippen LogP contribution >= 0.6 is 15.9 Å². The second kappa shape index (κ2) is 6.16. The fourth-order valence-corrected chi connectivity index (χ4v) is 2.52. The van der Waals surface area contributed by atoms with E-state index >= 15 is 0 Å². The third-order valence-corrected chi connectivity index (χ3v) is 3.89. The van der Waals surface area contributed by atoms with Crippen LogP contribution in [0.3, 0.4) is 0 Å². The molecule has 0 spiro atoms. The molecule has 4 nitrogen and oxygen atoms in total. The summed E-state index contributed by atoms with van der Waals surface area (Å²) in [4.78, 5) is 12.3. The molecule has 0 unspecified atom stereocenters. The van der Waals surface area contributed by atoms with Crippen LogP contribution in [0.5, 0.6) is 5.75 Å². The SMILES string of the molecule is O=c1c(Br)cn(C2CC2)nc1-c1ccccc1OCC(F)F. The van der Waals surface area contributed by atoms with Gasteiger partial charge < -0.3 is 4.74 Å². The zero-order chi connectivity index (χ0) is 15.7. The van der Waals surface area contributed by atoms with Gasteiger partial charge >= 0.3 is 0 Å². The van der Waals surface area contributed by atoms with Crippen molar-refractivity contribution >= 4 is 15.9 Å². The first-order valence-electron chi connectivity index (χ1n) is 6.85. The van der Waals surface area contributed by atoms with E-state index in [1.165, 1.54) is 0 Å². The summed E-state index contributed by atoms with van der Waals surface area (Å²) in [7, 11) is 0. The molecule has 22 heavy (non-hydrogen) atoms. The molecule has 0 saturated heterocycles. The number of rotatable bonds is 5. The highest BCUT2D eigenvalue weighted by Gasteiger charge is 2.26. The maximum Gasteiger partial charge on any atom is 0.272 e. The fourth-order valence-electron chi connectivity index (χ4n) is 2.12. The van der Waals surface area contributed by atoms with E-state index in [9.17, 15) is 13.6 Å². The van der Waals surface area contributed by atoms with E-state index in [1.807, 2.05) is 0 Å². The highest BCUT2D eigenvalue weighted by Crippen LogP contribution is 2.35. The summed E-state index contributed by atoms with van der Waals surface area (Å²) in [5.41, 5.74) is 0.333. The number of nitrogens with zero attached hydrogens (tertiary/aromatic N) is 2. The number of para-hydroxylation sites is 1. The van der Waals surface area contributed by atoms with Gasteiger partial charge in [0, 0.05) is 11.8 Å². The Labute approximate surface area is 133 Å². The van der Waals surface area contributed by atoms with Crippen molar-refractivity contribution in [2.75, 3.05) is 6.61 Å². The molecule has 0 radical (unpaired) electrons. The van der Waals surface area contributed by atoms with Crippen molar-refractivity contribution in [3.05, 3.63) is 45.2 Å². The highest BCUT2D eigenvalue weighted by molar-refractivity contribution is 9.10. The molecule has 1 aliphatic rings. The lowest BCUT2D eigenvalue weighted by Gasteiger charge is -2.12. The largest absolute Gasteiger partial charge is 0.487 e. The second-order valence-corrected chi connectivity index (χ2v) is 5.92. The Bertz CT molecular complexity index is 745. The number of alkyl halides is 2. The van der Waals surface area contributed by atoms with E-state index in [0.29, 0.717) is 16.1 Å². The van der Waals surface area contributed by atoms with Crippen LogP contribution in [0.25, 0.3) is 11.3 Å². The van der Waals surface area contributed by atoms with Gasteiger partial charge in [-0.2, -0.15) is 5.10 Å². The molecule has 1 aromatic heterocycles. The Morgan fingerprint density at radius 3 is 2.77 bits per heavy atom. The number of aromatic nitrogens is 2. The first-order chi connectivity index (χ1) is 10.6. The maximum absolute atomic E-state index is 12.4. The molecule has 0 N–H and O–H groups in total. The van der Waals surface area contributed by atoms with Crippen LogP contribution in [0.1, 0.15) is 18.9 Å². The molecule has 0 bridgehead atoms. The lowest BCUT2D eigenvalue weighted by atomic mass is 10.1. The van der Waals surface area contributed by atoms with Gasteiger partial charge in [-0.25, -0.2) is 8.78 Å². The minimum atomic E-state index is -2.58. The smallest absolute Gasteiger partial charge is 0.272 e. The predicted octanol–water partition coefficient (Wildman–Crippen LogP) is 3.65. The molecule has 1 heterocycles. The van der Waals surface area contributed by atoms with Crippen molar-refractivity contribution in [3.63, 3.8) is 0 Å². The van der Waals surface area contributed by atoms with Crippen LogP contribution in [0.4, 0.5) is 8.78 Å². The number of hydrogen-bond donors (Lipinski definition) is 0. The maximum atomic E-state index is 12.4. The summed E-state index contributed by atoms with van der Waals surface area (Å²) >= 11 is 3.24. The summed E-state index contributed by atoms with van der Waals surface area (Å²) in [5, 5.41) is 4.36. The fraction of sp³-hybridized carbons (Fsp3) is 0.333. The van der Waals surface area contributed by atoms with Crippen LogP contribution < -0.4 is 10.2 Å². The monoisotopic (exact) mass is 370 g/mol.